The van der Waals surface area contributed by atoms with Gasteiger partial charge in [0, 0.05) is 12.6 Å². The molecule has 0 heterocycles. The van der Waals surface area contributed by atoms with E-state index in [2.05, 4.69) is 10.6 Å². The van der Waals surface area contributed by atoms with Crippen molar-refractivity contribution < 1.29 is 27.8 Å². The van der Waals surface area contributed by atoms with E-state index in [0.717, 1.165) is 17.7 Å². The van der Waals surface area contributed by atoms with Gasteiger partial charge in [-0.25, -0.2) is 13.6 Å². The van der Waals surface area contributed by atoms with Gasteiger partial charge in [-0.05, 0) is 29.8 Å². The van der Waals surface area contributed by atoms with E-state index in [1.165, 1.54) is 13.2 Å². The van der Waals surface area contributed by atoms with Gasteiger partial charge in [0.15, 0.2) is 23.1 Å². The zero-order valence-electron chi connectivity index (χ0n) is 14.5. The fourth-order valence-electron chi connectivity index (χ4n) is 2.15. The molecule has 26 heavy (non-hydrogen) atoms. The van der Waals surface area contributed by atoms with Crippen LogP contribution in [0.4, 0.5) is 13.6 Å². The maximum Gasteiger partial charge on any atom is 0.315 e. The summed E-state index contributed by atoms with van der Waals surface area (Å²) in [6.07, 6.45) is 0. The molecule has 2 aromatic carbocycles. The summed E-state index contributed by atoms with van der Waals surface area (Å²) in [5.74, 6) is -0.364. The fourth-order valence-corrected chi connectivity index (χ4v) is 2.15. The van der Waals surface area contributed by atoms with Crippen molar-refractivity contribution in [3.63, 3.8) is 0 Å². The topological polar surface area (TPSA) is 68.8 Å². The van der Waals surface area contributed by atoms with E-state index in [0.29, 0.717) is 18.0 Å². The summed E-state index contributed by atoms with van der Waals surface area (Å²) in [6, 6.07) is 7.95. The highest BCUT2D eigenvalue weighted by molar-refractivity contribution is 5.73. The Bertz CT molecular complexity index is 756. The maximum absolute atomic E-state index is 13.4. The standard InChI is InChI=1S/C18H20F2N2O4/c1-24-16-5-3-12(9-17(16)25-2)11-22-18(23)21-7-8-26-15-6-4-13(19)10-14(15)20/h3-6,9-10H,7-8,11H2,1-2H3,(H2,21,22,23). The molecule has 2 amide bonds. The zero-order chi connectivity index (χ0) is 18.9. The lowest BCUT2D eigenvalue weighted by Gasteiger charge is -2.11. The Hall–Kier alpha value is -3.03. The Morgan fingerprint density at radius 1 is 0.962 bits per heavy atom. The number of amides is 2. The highest BCUT2D eigenvalue weighted by Crippen LogP contribution is 2.27. The minimum atomic E-state index is -0.789. The number of urea groups is 1. The number of nitrogens with one attached hydrogen (secondary N) is 2. The van der Waals surface area contributed by atoms with Gasteiger partial charge in [-0.1, -0.05) is 6.07 Å². The van der Waals surface area contributed by atoms with Crippen LogP contribution < -0.4 is 24.8 Å². The number of carbonyl (C=O) groups is 1. The van der Waals surface area contributed by atoms with Crippen molar-refractivity contribution in [2.24, 2.45) is 0 Å². The van der Waals surface area contributed by atoms with E-state index in [9.17, 15) is 13.6 Å². The van der Waals surface area contributed by atoms with E-state index >= 15 is 0 Å². The van der Waals surface area contributed by atoms with Crippen molar-refractivity contribution in [1.82, 2.24) is 10.6 Å². The first-order valence-electron chi connectivity index (χ1n) is 7.84. The molecule has 6 nitrogen and oxygen atoms in total. The van der Waals surface area contributed by atoms with Crippen molar-refractivity contribution in [2.75, 3.05) is 27.4 Å². The minimum Gasteiger partial charge on any atom is -0.493 e. The molecule has 8 heteroatoms. The molecule has 2 N–H and O–H groups in total. The van der Waals surface area contributed by atoms with Gasteiger partial charge in [0.2, 0.25) is 0 Å². The van der Waals surface area contributed by atoms with E-state index in [-0.39, 0.29) is 18.9 Å². The predicted octanol–water partition coefficient (Wildman–Crippen LogP) is 2.86. The predicted molar refractivity (Wildman–Crippen MR) is 91.6 cm³/mol. The molecular weight excluding hydrogens is 346 g/mol. The molecule has 0 unspecified atom stereocenters. The van der Waals surface area contributed by atoms with Crippen LogP contribution >= 0.6 is 0 Å². The molecule has 0 aliphatic carbocycles. The third-order valence-electron chi connectivity index (χ3n) is 3.44. The van der Waals surface area contributed by atoms with Gasteiger partial charge in [0.25, 0.3) is 0 Å². The normalized spacial score (nSPS) is 10.2. The minimum absolute atomic E-state index is 0.0479. The van der Waals surface area contributed by atoms with Crippen molar-refractivity contribution in [3.05, 3.63) is 53.6 Å². The third kappa shape index (κ3) is 5.51. The molecule has 0 radical (unpaired) electrons. The van der Waals surface area contributed by atoms with E-state index < -0.39 is 17.7 Å². The van der Waals surface area contributed by atoms with Crippen LogP contribution in [0.5, 0.6) is 17.2 Å². The van der Waals surface area contributed by atoms with Gasteiger partial charge in [-0.15, -0.1) is 0 Å². The number of carbonyl (C=O) groups excluding carboxylic acids is 1. The summed E-state index contributed by atoms with van der Waals surface area (Å²) < 4.78 is 41.6. The monoisotopic (exact) mass is 366 g/mol. The smallest absolute Gasteiger partial charge is 0.315 e. The average Bonchev–Trinajstić information content (AvgIpc) is 2.64. The fraction of sp³-hybridized carbons (Fsp3) is 0.278. The van der Waals surface area contributed by atoms with Crippen molar-refractivity contribution in [2.45, 2.75) is 6.54 Å². The van der Waals surface area contributed by atoms with E-state index in [4.69, 9.17) is 14.2 Å². The molecule has 0 spiro atoms. The van der Waals surface area contributed by atoms with Crippen LogP contribution in [0.2, 0.25) is 0 Å². The van der Waals surface area contributed by atoms with Crippen LogP contribution in [-0.2, 0) is 6.54 Å². The Morgan fingerprint density at radius 2 is 1.69 bits per heavy atom. The van der Waals surface area contributed by atoms with Gasteiger partial charge in [-0.2, -0.15) is 0 Å². The van der Waals surface area contributed by atoms with Gasteiger partial charge >= 0.3 is 6.03 Å². The Balaban J connectivity index is 1.72. The number of ether oxygens (including phenoxy) is 3. The molecule has 0 aliphatic rings. The second kappa shape index (κ2) is 9.45. The summed E-state index contributed by atoms with van der Waals surface area (Å²) >= 11 is 0. The SMILES string of the molecule is COc1ccc(CNC(=O)NCCOc2ccc(F)cc2F)cc1OC. The number of methoxy groups -OCH3 is 2. The largest absolute Gasteiger partial charge is 0.493 e. The molecule has 0 saturated carbocycles. The zero-order valence-corrected chi connectivity index (χ0v) is 14.5. The van der Waals surface area contributed by atoms with Crippen LogP contribution in [0, 0.1) is 11.6 Å². The van der Waals surface area contributed by atoms with Gasteiger partial charge < -0.3 is 24.8 Å². The molecule has 0 fully saturated rings. The van der Waals surface area contributed by atoms with Crippen molar-refractivity contribution in [1.29, 1.82) is 0 Å². The van der Waals surface area contributed by atoms with Crippen LogP contribution in [0.15, 0.2) is 36.4 Å². The van der Waals surface area contributed by atoms with Crippen LogP contribution in [-0.4, -0.2) is 33.4 Å². The Kier molecular flexibility index (Phi) is 7.02. The molecular formula is C18H20F2N2O4. The second-order valence-electron chi connectivity index (χ2n) is 5.22. The second-order valence-corrected chi connectivity index (χ2v) is 5.22. The molecule has 0 bridgehead atoms. The molecule has 140 valence electrons. The molecule has 2 rings (SSSR count). The van der Waals surface area contributed by atoms with E-state index in [1.807, 2.05) is 6.07 Å². The first-order chi connectivity index (χ1) is 12.5. The van der Waals surface area contributed by atoms with Crippen LogP contribution in [0.25, 0.3) is 0 Å². The number of benzene rings is 2. The van der Waals surface area contributed by atoms with Crippen LogP contribution in [0.3, 0.4) is 0 Å². The summed E-state index contributed by atoms with van der Waals surface area (Å²) in [4.78, 5) is 11.8. The highest BCUT2D eigenvalue weighted by Gasteiger charge is 2.07. The Morgan fingerprint density at radius 3 is 2.38 bits per heavy atom. The first-order valence-corrected chi connectivity index (χ1v) is 7.84. The van der Waals surface area contributed by atoms with E-state index in [1.54, 1.807) is 19.2 Å². The van der Waals surface area contributed by atoms with Crippen molar-refractivity contribution >= 4 is 6.03 Å². The maximum atomic E-state index is 13.4. The number of rotatable bonds is 8. The molecule has 0 aliphatic heterocycles. The van der Waals surface area contributed by atoms with Gasteiger partial charge in [-0.3, -0.25) is 0 Å². The molecule has 0 aromatic heterocycles. The summed E-state index contributed by atoms with van der Waals surface area (Å²) in [5.41, 5.74) is 0.836. The lowest BCUT2D eigenvalue weighted by Crippen LogP contribution is -2.37. The highest BCUT2D eigenvalue weighted by atomic mass is 19.1. The quantitative estimate of drug-likeness (QED) is 0.705. The summed E-state index contributed by atoms with van der Waals surface area (Å²) in [6.45, 7) is 0.501. The molecule has 0 atom stereocenters. The summed E-state index contributed by atoms with van der Waals surface area (Å²) in [7, 11) is 3.08. The third-order valence-corrected chi connectivity index (χ3v) is 3.44. The van der Waals surface area contributed by atoms with Crippen molar-refractivity contribution in [3.8, 4) is 17.2 Å². The number of halogens is 2. The van der Waals surface area contributed by atoms with Gasteiger partial charge in [0.05, 0.1) is 20.8 Å². The average molecular weight is 366 g/mol. The number of hydrogen-bond acceptors (Lipinski definition) is 4. The molecule has 0 saturated heterocycles. The lowest BCUT2D eigenvalue weighted by atomic mass is 10.2. The summed E-state index contributed by atoms with van der Waals surface area (Å²) in [5, 5.41) is 5.26. The lowest BCUT2D eigenvalue weighted by molar-refractivity contribution is 0.235. The Labute approximate surface area is 150 Å². The van der Waals surface area contributed by atoms with Crippen LogP contribution in [0.1, 0.15) is 5.56 Å². The number of hydrogen-bond donors (Lipinski definition) is 2. The first kappa shape index (κ1) is 19.3. The molecule has 2 aromatic rings. The van der Waals surface area contributed by atoms with Gasteiger partial charge in [0.1, 0.15) is 12.4 Å².